The molecule has 32 heavy (non-hydrogen) atoms. The van der Waals surface area contributed by atoms with Gasteiger partial charge in [0.1, 0.15) is 16.6 Å². The average molecular weight is 453 g/mol. The van der Waals surface area contributed by atoms with Crippen molar-refractivity contribution in [3.05, 3.63) is 41.8 Å². The van der Waals surface area contributed by atoms with Crippen molar-refractivity contribution in [1.29, 1.82) is 0 Å². The summed E-state index contributed by atoms with van der Waals surface area (Å²) in [5, 5.41) is 11.6. The fourth-order valence-corrected chi connectivity index (χ4v) is 5.21. The predicted octanol–water partition coefficient (Wildman–Crippen LogP) is 3.97. The molecule has 3 atom stereocenters. The van der Waals surface area contributed by atoms with E-state index in [0.717, 1.165) is 79.7 Å². The molecule has 3 unspecified atom stereocenters. The van der Waals surface area contributed by atoms with Crippen LogP contribution in [0, 0.1) is 11.8 Å². The van der Waals surface area contributed by atoms with Gasteiger partial charge in [-0.1, -0.05) is 18.0 Å². The van der Waals surface area contributed by atoms with Gasteiger partial charge in [-0.2, -0.15) is 0 Å². The summed E-state index contributed by atoms with van der Waals surface area (Å²) in [5.41, 5.74) is 2.93. The summed E-state index contributed by atoms with van der Waals surface area (Å²) in [4.78, 5) is 24.5. The van der Waals surface area contributed by atoms with Crippen molar-refractivity contribution < 1.29 is 4.79 Å². The predicted molar refractivity (Wildman–Crippen MR) is 128 cm³/mol. The van der Waals surface area contributed by atoms with E-state index in [0.29, 0.717) is 17.1 Å². The Kier molecular flexibility index (Phi) is 6.28. The van der Waals surface area contributed by atoms with Crippen molar-refractivity contribution in [3.8, 4) is 11.1 Å². The summed E-state index contributed by atoms with van der Waals surface area (Å²) in [6, 6.07) is 8.25. The lowest BCUT2D eigenvalue weighted by Crippen LogP contribution is -2.38. The highest BCUT2D eigenvalue weighted by Crippen LogP contribution is 2.32. The van der Waals surface area contributed by atoms with Gasteiger partial charge in [0.2, 0.25) is 5.91 Å². The molecule has 0 aromatic carbocycles. The number of hydrogen-bond donors (Lipinski definition) is 4. The van der Waals surface area contributed by atoms with Crippen LogP contribution in [0.3, 0.4) is 0 Å². The van der Waals surface area contributed by atoms with Crippen LogP contribution in [0.1, 0.15) is 32.1 Å². The van der Waals surface area contributed by atoms with Gasteiger partial charge in [-0.25, -0.2) is 9.97 Å². The van der Waals surface area contributed by atoms with Crippen molar-refractivity contribution in [2.45, 2.75) is 38.1 Å². The number of hydrogen-bond acceptors (Lipinski definition) is 5. The van der Waals surface area contributed by atoms with Crippen LogP contribution in [0.15, 0.2) is 36.7 Å². The fraction of sp³-hybridized carbons (Fsp3) is 0.458. The monoisotopic (exact) mass is 452 g/mol. The molecule has 1 saturated heterocycles. The molecule has 0 radical (unpaired) electrons. The molecule has 2 aliphatic rings. The number of carbonyl (C=O) groups is 1. The molecule has 0 bridgehead atoms. The van der Waals surface area contributed by atoms with Crippen LogP contribution in [-0.4, -0.2) is 46.5 Å². The van der Waals surface area contributed by atoms with Gasteiger partial charge in [0.05, 0.1) is 5.92 Å². The number of nitrogens with one attached hydrogen (secondary N) is 4. The minimum atomic E-state index is 0.126. The lowest BCUT2D eigenvalue weighted by Gasteiger charge is -2.30. The van der Waals surface area contributed by atoms with Gasteiger partial charge in [0.25, 0.3) is 0 Å². The van der Waals surface area contributed by atoms with E-state index in [4.69, 9.17) is 11.6 Å². The van der Waals surface area contributed by atoms with E-state index < -0.39 is 0 Å². The largest absolute Gasteiger partial charge is 0.367 e. The third kappa shape index (κ3) is 4.74. The molecule has 2 fully saturated rings. The highest BCUT2D eigenvalue weighted by atomic mass is 35.5. The first-order chi connectivity index (χ1) is 15.7. The average Bonchev–Trinajstić information content (AvgIpc) is 3.48. The van der Waals surface area contributed by atoms with Crippen molar-refractivity contribution in [1.82, 2.24) is 25.6 Å². The van der Waals surface area contributed by atoms with E-state index in [1.165, 1.54) is 0 Å². The molecule has 4 heterocycles. The summed E-state index contributed by atoms with van der Waals surface area (Å²) in [5.74, 6) is 1.59. The Morgan fingerprint density at radius 1 is 1.25 bits per heavy atom. The number of anilines is 1. The number of aromatic amines is 1. The summed E-state index contributed by atoms with van der Waals surface area (Å²) < 4.78 is 0. The molecule has 168 valence electrons. The van der Waals surface area contributed by atoms with E-state index >= 15 is 0 Å². The number of halogens is 1. The van der Waals surface area contributed by atoms with Gasteiger partial charge in [0, 0.05) is 42.5 Å². The van der Waals surface area contributed by atoms with Crippen LogP contribution in [0.5, 0.6) is 0 Å². The molecule has 0 spiro atoms. The lowest BCUT2D eigenvalue weighted by atomic mass is 9.85. The number of fused-ring (bicyclic) bond motifs is 1. The molecule has 7 nitrogen and oxygen atoms in total. The quantitative estimate of drug-likeness (QED) is 0.424. The minimum absolute atomic E-state index is 0.126. The number of amides is 1. The van der Waals surface area contributed by atoms with Gasteiger partial charge < -0.3 is 20.9 Å². The fourth-order valence-electron chi connectivity index (χ4n) is 5.01. The molecule has 8 heteroatoms. The molecule has 5 rings (SSSR count). The van der Waals surface area contributed by atoms with Gasteiger partial charge in [0.15, 0.2) is 0 Å². The van der Waals surface area contributed by atoms with Crippen molar-refractivity contribution >= 4 is 34.4 Å². The topological polar surface area (TPSA) is 94.7 Å². The van der Waals surface area contributed by atoms with E-state index in [2.05, 4.69) is 43.0 Å². The highest BCUT2D eigenvalue weighted by molar-refractivity contribution is 6.29. The SMILES string of the molecule is O=C(NCC1CCCC(Nc2cc(-c3c[nH]c4ncccc34)cc(Cl)n2)C1)C1CCNC1. The first-order valence-electron chi connectivity index (χ1n) is 11.5. The van der Waals surface area contributed by atoms with Crippen molar-refractivity contribution in [2.24, 2.45) is 11.8 Å². The highest BCUT2D eigenvalue weighted by Gasteiger charge is 2.26. The Morgan fingerprint density at radius 3 is 3.06 bits per heavy atom. The number of H-pyrrole nitrogens is 1. The Morgan fingerprint density at radius 2 is 2.19 bits per heavy atom. The van der Waals surface area contributed by atoms with E-state index in [1.54, 1.807) is 6.20 Å². The van der Waals surface area contributed by atoms with E-state index in [1.807, 2.05) is 18.3 Å². The molecule has 3 aromatic rings. The molecular weight excluding hydrogens is 424 g/mol. The summed E-state index contributed by atoms with van der Waals surface area (Å²) in [6.07, 6.45) is 9.09. The van der Waals surface area contributed by atoms with Crippen molar-refractivity contribution in [3.63, 3.8) is 0 Å². The summed E-state index contributed by atoms with van der Waals surface area (Å²) in [7, 11) is 0. The molecule has 4 N–H and O–H groups in total. The maximum atomic E-state index is 12.3. The second kappa shape index (κ2) is 9.46. The maximum absolute atomic E-state index is 12.3. The number of rotatable bonds is 6. The summed E-state index contributed by atoms with van der Waals surface area (Å²) in [6.45, 7) is 2.50. The van der Waals surface area contributed by atoms with Crippen LogP contribution in [0.4, 0.5) is 5.82 Å². The lowest BCUT2D eigenvalue weighted by molar-refractivity contribution is -0.124. The number of nitrogens with zero attached hydrogens (tertiary/aromatic N) is 2. The number of carbonyl (C=O) groups excluding carboxylic acids is 1. The number of aromatic nitrogens is 3. The Bertz CT molecular complexity index is 1090. The molecule has 1 aliphatic heterocycles. The van der Waals surface area contributed by atoms with Gasteiger partial charge in [-0.15, -0.1) is 0 Å². The Hall–Kier alpha value is -2.64. The zero-order chi connectivity index (χ0) is 21.9. The molecule has 3 aromatic heterocycles. The van der Waals surface area contributed by atoms with E-state index in [9.17, 15) is 4.79 Å². The Labute approximate surface area is 192 Å². The summed E-state index contributed by atoms with van der Waals surface area (Å²) >= 11 is 6.38. The second-order valence-electron chi connectivity index (χ2n) is 8.97. The third-order valence-electron chi connectivity index (χ3n) is 6.69. The molecule has 1 amide bonds. The van der Waals surface area contributed by atoms with Crippen LogP contribution in [0.2, 0.25) is 5.15 Å². The second-order valence-corrected chi connectivity index (χ2v) is 9.36. The zero-order valence-electron chi connectivity index (χ0n) is 18.0. The minimum Gasteiger partial charge on any atom is -0.367 e. The van der Waals surface area contributed by atoms with Crippen molar-refractivity contribution in [2.75, 3.05) is 25.0 Å². The standard InChI is InChI=1S/C24H29ClN6O/c25-21-10-17(20-14-28-23-19(20)5-2-7-27-23)11-22(31-21)30-18-4-1-3-15(9-18)12-29-24(32)16-6-8-26-13-16/h2,5,7,10-11,14-16,18,26H,1,3-4,6,8-9,12-13H2,(H,27,28)(H,29,32)(H,30,31). The maximum Gasteiger partial charge on any atom is 0.224 e. The first-order valence-corrected chi connectivity index (χ1v) is 11.9. The first kappa shape index (κ1) is 21.2. The molecule has 1 saturated carbocycles. The smallest absolute Gasteiger partial charge is 0.224 e. The van der Waals surface area contributed by atoms with Crippen LogP contribution in [0.25, 0.3) is 22.2 Å². The van der Waals surface area contributed by atoms with Gasteiger partial charge in [-0.3, -0.25) is 4.79 Å². The van der Waals surface area contributed by atoms with E-state index in [-0.39, 0.29) is 11.8 Å². The molecule has 1 aliphatic carbocycles. The zero-order valence-corrected chi connectivity index (χ0v) is 18.8. The van der Waals surface area contributed by atoms with Crippen LogP contribution >= 0.6 is 11.6 Å². The third-order valence-corrected chi connectivity index (χ3v) is 6.88. The Balaban J connectivity index is 1.24. The van der Waals surface area contributed by atoms with Crippen LogP contribution < -0.4 is 16.0 Å². The van der Waals surface area contributed by atoms with Gasteiger partial charge >= 0.3 is 0 Å². The number of pyridine rings is 2. The van der Waals surface area contributed by atoms with Gasteiger partial charge in [-0.05, 0) is 68.0 Å². The van der Waals surface area contributed by atoms with Crippen LogP contribution in [-0.2, 0) is 4.79 Å². The molecular formula is C24H29ClN6O. The normalized spacial score (nSPS) is 23.3.